The van der Waals surface area contributed by atoms with Crippen LogP contribution in [0.15, 0.2) is 53.8 Å². The van der Waals surface area contributed by atoms with Crippen LogP contribution in [0.5, 0.6) is 5.75 Å². The summed E-state index contributed by atoms with van der Waals surface area (Å²) in [5.74, 6) is 1.58. The maximum absolute atomic E-state index is 10.5. The highest BCUT2D eigenvalue weighted by Gasteiger charge is 2.22. The molecule has 1 aromatic carbocycles. The Hall–Kier alpha value is -2.64. The van der Waals surface area contributed by atoms with Crippen LogP contribution in [0.4, 0.5) is 0 Å². The number of aromatic nitrogens is 1. The first-order valence-electron chi connectivity index (χ1n) is 11.2. The third kappa shape index (κ3) is 6.94. The fourth-order valence-corrected chi connectivity index (χ4v) is 3.90. The first-order chi connectivity index (χ1) is 15.2. The van der Waals surface area contributed by atoms with Crippen molar-refractivity contribution in [2.75, 3.05) is 39.8 Å². The second-order valence-corrected chi connectivity index (χ2v) is 7.78. The number of aliphatic hydroxyl groups excluding tert-OH is 1. The van der Waals surface area contributed by atoms with E-state index in [-0.39, 0.29) is 6.04 Å². The van der Waals surface area contributed by atoms with Crippen LogP contribution < -0.4 is 15.4 Å². The zero-order valence-electron chi connectivity index (χ0n) is 18.6. The maximum atomic E-state index is 10.5. The number of aliphatic hydroxyl groups is 1. The highest BCUT2D eigenvalue weighted by molar-refractivity contribution is 5.79. The van der Waals surface area contributed by atoms with Crippen molar-refractivity contribution in [1.29, 1.82) is 0 Å². The van der Waals surface area contributed by atoms with E-state index in [1.54, 1.807) is 19.5 Å². The molecule has 0 bridgehead atoms. The number of nitrogens with zero attached hydrogens (tertiary/aromatic N) is 3. The van der Waals surface area contributed by atoms with Gasteiger partial charge >= 0.3 is 0 Å². The molecular weight excluding hydrogens is 390 g/mol. The Bertz CT molecular complexity index is 791. The van der Waals surface area contributed by atoms with Gasteiger partial charge in [-0.25, -0.2) is 0 Å². The second kappa shape index (κ2) is 12.3. The van der Waals surface area contributed by atoms with Gasteiger partial charge in [-0.1, -0.05) is 18.6 Å². The van der Waals surface area contributed by atoms with E-state index in [0.717, 1.165) is 30.9 Å². The highest BCUT2D eigenvalue weighted by atomic mass is 16.5. The molecular formula is C24H35N5O2. The quantitative estimate of drug-likeness (QED) is 0.423. The van der Waals surface area contributed by atoms with Crippen molar-refractivity contribution in [3.63, 3.8) is 0 Å². The maximum Gasteiger partial charge on any atom is 0.191 e. The molecule has 1 fully saturated rings. The predicted octanol–water partition coefficient (Wildman–Crippen LogP) is 2.91. The number of benzene rings is 1. The smallest absolute Gasteiger partial charge is 0.191 e. The van der Waals surface area contributed by atoms with Crippen molar-refractivity contribution in [1.82, 2.24) is 20.5 Å². The topological polar surface area (TPSA) is 82.0 Å². The van der Waals surface area contributed by atoms with E-state index in [2.05, 4.69) is 32.7 Å². The molecule has 3 N–H and O–H groups in total. The predicted molar refractivity (Wildman–Crippen MR) is 124 cm³/mol. The van der Waals surface area contributed by atoms with E-state index < -0.39 is 6.10 Å². The lowest BCUT2D eigenvalue weighted by Gasteiger charge is -2.34. The van der Waals surface area contributed by atoms with Crippen molar-refractivity contribution < 1.29 is 9.84 Å². The Kier molecular flexibility index (Phi) is 9.12. The summed E-state index contributed by atoms with van der Waals surface area (Å²) in [5, 5.41) is 17.0. The van der Waals surface area contributed by atoms with Gasteiger partial charge in [-0.3, -0.25) is 14.9 Å². The van der Waals surface area contributed by atoms with Crippen LogP contribution in [0, 0.1) is 0 Å². The average Bonchev–Trinajstić information content (AvgIpc) is 2.84. The SMILES string of the molecule is CCNC(=NCC(c1ccc(OC)cc1)N1CCCCC1)NCC(O)c1ccncc1. The van der Waals surface area contributed by atoms with Crippen LogP contribution in [0.2, 0.25) is 0 Å². The summed E-state index contributed by atoms with van der Waals surface area (Å²) in [5.41, 5.74) is 2.09. The summed E-state index contributed by atoms with van der Waals surface area (Å²) in [6.07, 6.45) is 6.52. The van der Waals surface area contributed by atoms with Gasteiger partial charge in [-0.05, 0) is 68.2 Å². The second-order valence-electron chi connectivity index (χ2n) is 7.78. The lowest BCUT2D eigenvalue weighted by Crippen LogP contribution is -2.41. The van der Waals surface area contributed by atoms with E-state index in [1.807, 2.05) is 31.2 Å². The summed E-state index contributed by atoms with van der Waals surface area (Å²) >= 11 is 0. The van der Waals surface area contributed by atoms with Gasteiger partial charge in [0.15, 0.2) is 5.96 Å². The van der Waals surface area contributed by atoms with Gasteiger partial charge in [0.1, 0.15) is 5.75 Å². The highest BCUT2D eigenvalue weighted by Crippen LogP contribution is 2.26. The number of methoxy groups -OCH3 is 1. The number of hydrogen-bond donors (Lipinski definition) is 3. The molecule has 1 aliphatic rings. The summed E-state index contributed by atoms with van der Waals surface area (Å²) in [7, 11) is 1.69. The number of aliphatic imine (C=N–C) groups is 1. The monoisotopic (exact) mass is 425 g/mol. The van der Waals surface area contributed by atoms with Crippen molar-refractivity contribution in [3.05, 3.63) is 59.9 Å². The number of likely N-dealkylation sites (tertiary alicyclic amines) is 1. The van der Waals surface area contributed by atoms with E-state index in [0.29, 0.717) is 19.0 Å². The molecule has 0 amide bonds. The molecule has 0 aliphatic carbocycles. The number of piperidine rings is 1. The minimum absolute atomic E-state index is 0.215. The number of ether oxygens (including phenoxy) is 1. The van der Waals surface area contributed by atoms with Crippen LogP contribution in [-0.4, -0.2) is 60.8 Å². The van der Waals surface area contributed by atoms with E-state index >= 15 is 0 Å². The van der Waals surface area contributed by atoms with E-state index in [1.165, 1.54) is 24.8 Å². The molecule has 1 aromatic heterocycles. The number of hydrogen-bond acceptors (Lipinski definition) is 5. The Morgan fingerprint density at radius 2 is 1.77 bits per heavy atom. The average molecular weight is 426 g/mol. The van der Waals surface area contributed by atoms with E-state index in [9.17, 15) is 5.11 Å². The zero-order valence-corrected chi connectivity index (χ0v) is 18.6. The molecule has 3 rings (SSSR count). The van der Waals surface area contributed by atoms with Crippen LogP contribution in [0.3, 0.4) is 0 Å². The number of pyridine rings is 1. The molecule has 0 spiro atoms. The molecule has 2 aromatic rings. The summed E-state index contributed by atoms with van der Waals surface area (Å²) in [6.45, 7) is 6.02. The van der Waals surface area contributed by atoms with Crippen LogP contribution in [-0.2, 0) is 0 Å². The zero-order chi connectivity index (χ0) is 21.9. The molecule has 31 heavy (non-hydrogen) atoms. The summed E-state index contributed by atoms with van der Waals surface area (Å²) < 4.78 is 5.33. The number of nitrogens with one attached hydrogen (secondary N) is 2. The standard InChI is InChI=1S/C24H35N5O2/c1-3-26-24(28-18-23(30)20-11-13-25-14-12-20)27-17-22(29-15-5-4-6-16-29)19-7-9-21(31-2)10-8-19/h7-14,22-23,30H,3-6,15-18H2,1-2H3,(H2,26,27,28). The summed E-state index contributed by atoms with van der Waals surface area (Å²) in [6, 6.07) is 12.2. The lowest BCUT2D eigenvalue weighted by atomic mass is 10.0. The number of guanidine groups is 1. The van der Waals surface area contributed by atoms with Crippen molar-refractivity contribution >= 4 is 5.96 Å². The Morgan fingerprint density at radius 1 is 1.06 bits per heavy atom. The molecule has 7 heteroatoms. The first kappa shape index (κ1) is 23.0. The van der Waals surface area contributed by atoms with Gasteiger partial charge in [0, 0.05) is 25.5 Å². The molecule has 168 valence electrons. The molecule has 1 aliphatic heterocycles. The minimum Gasteiger partial charge on any atom is -0.497 e. The molecule has 2 atom stereocenters. The summed E-state index contributed by atoms with van der Waals surface area (Å²) in [4.78, 5) is 11.4. The van der Waals surface area contributed by atoms with Gasteiger partial charge in [-0.15, -0.1) is 0 Å². The lowest BCUT2D eigenvalue weighted by molar-refractivity contribution is 0.167. The van der Waals surface area contributed by atoms with Gasteiger partial charge in [0.25, 0.3) is 0 Å². The Labute approximate surface area is 185 Å². The van der Waals surface area contributed by atoms with Crippen molar-refractivity contribution in [2.45, 2.75) is 38.3 Å². The Balaban J connectivity index is 1.70. The first-order valence-corrected chi connectivity index (χ1v) is 11.2. The van der Waals surface area contributed by atoms with Crippen LogP contribution in [0.25, 0.3) is 0 Å². The van der Waals surface area contributed by atoms with Gasteiger partial charge in [0.2, 0.25) is 0 Å². The fraction of sp³-hybridized carbons (Fsp3) is 0.500. The molecule has 2 heterocycles. The largest absolute Gasteiger partial charge is 0.497 e. The molecule has 0 radical (unpaired) electrons. The molecule has 7 nitrogen and oxygen atoms in total. The Morgan fingerprint density at radius 3 is 2.42 bits per heavy atom. The van der Waals surface area contributed by atoms with Crippen LogP contribution >= 0.6 is 0 Å². The van der Waals surface area contributed by atoms with Gasteiger partial charge < -0.3 is 20.5 Å². The van der Waals surface area contributed by atoms with Gasteiger partial charge in [-0.2, -0.15) is 0 Å². The third-order valence-electron chi connectivity index (χ3n) is 5.65. The third-order valence-corrected chi connectivity index (χ3v) is 5.65. The fourth-order valence-electron chi connectivity index (χ4n) is 3.90. The van der Waals surface area contributed by atoms with Crippen molar-refractivity contribution in [2.24, 2.45) is 4.99 Å². The van der Waals surface area contributed by atoms with Crippen LogP contribution in [0.1, 0.15) is 49.5 Å². The normalized spacial score (nSPS) is 17.1. The number of rotatable bonds is 9. The van der Waals surface area contributed by atoms with E-state index in [4.69, 9.17) is 9.73 Å². The van der Waals surface area contributed by atoms with Gasteiger partial charge in [0.05, 0.1) is 25.8 Å². The van der Waals surface area contributed by atoms with Crippen molar-refractivity contribution in [3.8, 4) is 5.75 Å². The molecule has 2 unspecified atom stereocenters. The molecule has 1 saturated heterocycles. The minimum atomic E-state index is -0.619. The molecule has 0 saturated carbocycles.